The third-order valence-electron chi connectivity index (χ3n) is 3.31. The Morgan fingerprint density at radius 1 is 1.14 bits per heavy atom. The van der Waals surface area contributed by atoms with Gasteiger partial charge in [-0.1, -0.05) is 28.1 Å². The highest BCUT2D eigenvalue weighted by molar-refractivity contribution is 9.10. The van der Waals surface area contributed by atoms with Crippen molar-refractivity contribution in [1.82, 2.24) is 9.97 Å². The molecule has 0 spiro atoms. The maximum Gasteiger partial charge on any atom is 0.124 e. The molecule has 0 amide bonds. The van der Waals surface area contributed by atoms with E-state index in [0.717, 1.165) is 22.2 Å². The summed E-state index contributed by atoms with van der Waals surface area (Å²) in [7, 11) is 0. The van der Waals surface area contributed by atoms with Crippen molar-refractivity contribution in [3.8, 4) is 0 Å². The van der Waals surface area contributed by atoms with Gasteiger partial charge in [-0.25, -0.2) is 4.39 Å². The topological polar surface area (TPSA) is 51.8 Å². The van der Waals surface area contributed by atoms with E-state index in [4.69, 9.17) is 5.73 Å². The number of hydrogen-bond donors (Lipinski definition) is 1. The first kappa shape index (κ1) is 14.1. The van der Waals surface area contributed by atoms with E-state index in [0.29, 0.717) is 10.9 Å². The summed E-state index contributed by atoms with van der Waals surface area (Å²) in [6.07, 6.45) is 3.84. The van der Waals surface area contributed by atoms with Crippen LogP contribution in [0.5, 0.6) is 0 Å². The number of halogens is 2. The summed E-state index contributed by atoms with van der Waals surface area (Å²) in [6.45, 7) is 0. The van der Waals surface area contributed by atoms with E-state index in [9.17, 15) is 4.39 Å². The standard InChI is InChI=1S/C16H13BrFN3/c17-11-6-10(7-12(18)9-11)8-14(19)13-2-1-3-15-16(13)21-5-4-20-15/h1-7,9,14H,8,19H2. The first-order chi connectivity index (χ1) is 10.1. The van der Waals surface area contributed by atoms with E-state index in [-0.39, 0.29) is 11.9 Å². The molecule has 0 saturated heterocycles. The minimum absolute atomic E-state index is 0.265. The Morgan fingerprint density at radius 3 is 2.76 bits per heavy atom. The fourth-order valence-electron chi connectivity index (χ4n) is 2.41. The Bertz CT molecular complexity index is 766. The highest BCUT2D eigenvalue weighted by atomic mass is 79.9. The maximum atomic E-state index is 13.4. The molecule has 0 fully saturated rings. The molecular formula is C16H13BrFN3. The van der Waals surface area contributed by atoms with Crippen molar-refractivity contribution < 1.29 is 4.39 Å². The molecular weight excluding hydrogens is 333 g/mol. The van der Waals surface area contributed by atoms with Gasteiger partial charge in [-0.05, 0) is 41.8 Å². The molecule has 0 bridgehead atoms. The Kier molecular flexibility index (Phi) is 3.94. The summed E-state index contributed by atoms with van der Waals surface area (Å²) in [5.74, 6) is -0.274. The van der Waals surface area contributed by atoms with Crippen LogP contribution in [0.3, 0.4) is 0 Å². The van der Waals surface area contributed by atoms with Crippen LogP contribution < -0.4 is 5.73 Å². The van der Waals surface area contributed by atoms with Crippen LogP contribution in [0.15, 0.2) is 53.3 Å². The monoisotopic (exact) mass is 345 g/mol. The lowest BCUT2D eigenvalue weighted by molar-refractivity contribution is 0.621. The van der Waals surface area contributed by atoms with Crippen molar-refractivity contribution in [2.75, 3.05) is 0 Å². The van der Waals surface area contributed by atoms with E-state index < -0.39 is 0 Å². The predicted octanol–water partition coefficient (Wildman–Crippen LogP) is 3.77. The van der Waals surface area contributed by atoms with Crippen molar-refractivity contribution in [1.29, 1.82) is 0 Å². The smallest absolute Gasteiger partial charge is 0.124 e. The number of benzene rings is 2. The molecule has 21 heavy (non-hydrogen) atoms. The summed E-state index contributed by atoms with van der Waals surface area (Å²) < 4.78 is 14.2. The average molecular weight is 346 g/mol. The van der Waals surface area contributed by atoms with Crippen LogP contribution in [0.25, 0.3) is 11.0 Å². The lowest BCUT2D eigenvalue weighted by Crippen LogP contribution is -2.14. The summed E-state index contributed by atoms with van der Waals surface area (Å²) in [6, 6.07) is 10.3. The van der Waals surface area contributed by atoms with Gasteiger partial charge in [-0.15, -0.1) is 0 Å². The fraction of sp³-hybridized carbons (Fsp3) is 0.125. The highest BCUT2D eigenvalue weighted by Gasteiger charge is 2.13. The number of aromatic nitrogens is 2. The van der Waals surface area contributed by atoms with E-state index in [1.54, 1.807) is 12.4 Å². The van der Waals surface area contributed by atoms with Crippen molar-refractivity contribution >= 4 is 27.0 Å². The molecule has 2 aromatic carbocycles. The van der Waals surface area contributed by atoms with Gasteiger partial charge in [0, 0.05) is 22.9 Å². The molecule has 0 saturated carbocycles. The quantitative estimate of drug-likeness (QED) is 0.785. The molecule has 106 valence electrons. The predicted molar refractivity (Wildman–Crippen MR) is 84.3 cm³/mol. The number of fused-ring (bicyclic) bond motifs is 1. The van der Waals surface area contributed by atoms with Crippen LogP contribution >= 0.6 is 15.9 Å². The van der Waals surface area contributed by atoms with Crippen LogP contribution in [0.4, 0.5) is 4.39 Å². The van der Waals surface area contributed by atoms with Gasteiger partial charge in [0.1, 0.15) is 5.82 Å². The lowest BCUT2D eigenvalue weighted by atomic mass is 9.98. The van der Waals surface area contributed by atoms with Crippen LogP contribution in [0.2, 0.25) is 0 Å². The SMILES string of the molecule is NC(Cc1cc(F)cc(Br)c1)c1cccc2nccnc12. The van der Waals surface area contributed by atoms with E-state index in [2.05, 4.69) is 25.9 Å². The van der Waals surface area contributed by atoms with Crippen molar-refractivity contribution in [3.05, 3.63) is 70.2 Å². The first-order valence-electron chi connectivity index (χ1n) is 6.53. The molecule has 1 atom stereocenters. The minimum Gasteiger partial charge on any atom is -0.324 e. The molecule has 2 N–H and O–H groups in total. The van der Waals surface area contributed by atoms with E-state index in [1.807, 2.05) is 24.3 Å². The Hall–Kier alpha value is -1.85. The van der Waals surface area contributed by atoms with E-state index >= 15 is 0 Å². The van der Waals surface area contributed by atoms with Gasteiger partial charge >= 0.3 is 0 Å². The number of hydrogen-bond acceptors (Lipinski definition) is 3. The van der Waals surface area contributed by atoms with Gasteiger partial charge in [0.25, 0.3) is 0 Å². The third kappa shape index (κ3) is 3.09. The molecule has 1 unspecified atom stereocenters. The third-order valence-corrected chi connectivity index (χ3v) is 3.77. The van der Waals surface area contributed by atoms with Crippen molar-refractivity contribution in [2.45, 2.75) is 12.5 Å². The van der Waals surface area contributed by atoms with Crippen LogP contribution in [-0.2, 0) is 6.42 Å². The molecule has 1 heterocycles. The molecule has 0 aliphatic heterocycles. The van der Waals surface area contributed by atoms with Gasteiger partial charge in [-0.2, -0.15) is 0 Å². The number of nitrogens with two attached hydrogens (primary N) is 1. The fourth-order valence-corrected chi connectivity index (χ4v) is 2.92. The summed E-state index contributed by atoms with van der Waals surface area (Å²) in [4.78, 5) is 8.63. The summed E-state index contributed by atoms with van der Waals surface area (Å²) >= 11 is 3.30. The van der Waals surface area contributed by atoms with Crippen LogP contribution in [-0.4, -0.2) is 9.97 Å². The second-order valence-corrected chi connectivity index (χ2v) is 5.78. The lowest BCUT2D eigenvalue weighted by Gasteiger charge is -2.14. The second kappa shape index (κ2) is 5.87. The van der Waals surface area contributed by atoms with E-state index in [1.165, 1.54) is 12.1 Å². The van der Waals surface area contributed by atoms with Crippen molar-refractivity contribution in [3.63, 3.8) is 0 Å². The maximum absolute atomic E-state index is 13.4. The molecule has 3 rings (SSSR count). The summed E-state index contributed by atoms with van der Waals surface area (Å²) in [5.41, 5.74) is 9.65. The minimum atomic E-state index is -0.274. The number of nitrogens with zero attached hydrogens (tertiary/aromatic N) is 2. The molecule has 0 aliphatic carbocycles. The van der Waals surface area contributed by atoms with Crippen LogP contribution in [0.1, 0.15) is 17.2 Å². The second-order valence-electron chi connectivity index (χ2n) is 4.86. The van der Waals surface area contributed by atoms with Crippen LogP contribution in [0, 0.1) is 5.82 Å². The van der Waals surface area contributed by atoms with Gasteiger partial charge in [0.15, 0.2) is 0 Å². The average Bonchev–Trinajstić information content (AvgIpc) is 2.45. The molecule has 1 aromatic heterocycles. The Labute approximate surface area is 130 Å². The molecule has 0 aliphatic rings. The number of rotatable bonds is 3. The molecule has 5 heteroatoms. The highest BCUT2D eigenvalue weighted by Crippen LogP contribution is 2.24. The Balaban J connectivity index is 1.95. The van der Waals surface area contributed by atoms with Gasteiger partial charge in [-0.3, -0.25) is 9.97 Å². The largest absolute Gasteiger partial charge is 0.324 e. The number of para-hydroxylation sites is 1. The molecule has 3 aromatic rings. The zero-order valence-corrected chi connectivity index (χ0v) is 12.7. The zero-order valence-electron chi connectivity index (χ0n) is 11.1. The van der Waals surface area contributed by atoms with Gasteiger partial charge in [0.2, 0.25) is 0 Å². The molecule has 0 radical (unpaired) electrons. The first-order valence-corrected chi connectivity index (χ1v) is 7.33. The van der Waals surface area contributed by atoms with Crippen molar-refractivity contribution in [2.24, 2.45) is 5.73 Å². The Morgan fingerprint density at radius 2 is 1.95 bits per heavy atom. The van der Waals surface area contributed by atoms with Gasteiger partial charge < -0.3 is 5.73 Å². The van der Waals surface area contributed by atoms with Gasteiger partial charge in [0.05, 0.1) is 11.0 Å². The molecule has 3 nitrogen and oxygen atoms in total. The normalized spacial score (nSPS) is 12.5. The summed E-state index contributed by atoms with van der Waals surface area (Å²) in [5, 5.41) is 0. The zero-order chi connectivity index (χ0) is 14.8.